The molecule has 0 saturated carbocycles. The Labute approximate surface area is 162 Å². The molecule has 0 unspecified atom stereocenters. The van der Waals surface area contributed by atoms with E-state index in [2.05, 4.69) is 55.2 Å². The molecule has 0 amide bonds. The fraction of sp³-hybridized carbons (Fsp3) is 0.250. The molecule has 142 valence electrons. The van der Waals surface area contributed by atoms with Crippen LogP contribution in [-0.2, 0) is 6.54 Å². The lowest BCUT2D eigenvalue weighted by molar-refractivity contribution is 0.249. The zero-order chi connectivity index (χ0) is 18.9. The largest absolute Gasteiger partial charge is 0.461 e. The van der Waals surface area contributed by atoms with Crippen LogP contribution in [0.3, 0.4) is 0 Å². The summed E-state index contributed by atoms with van der Waals surface area (Å²) < 4.78 is 6.93. The van der Waals surface area contributed by atoms with Crippen LogP contribution >= 0.6 is 0 Å². The van der Waals surface area contributed by atoms with Crippen molar-refractivity contribution in [1.82, 2.24) is 24.5 Å². The highest BCUT2D eigenvalue weighted by atomic mass is 16.3. The van der Waals surface area contributed by atoms with E-state index in [0.29, 0.717) is 23.2 Å². The third-order valence-electron chi connectivity index (χ3n) is 5.02. The number of rotatable bonds is 4. The maximum absolute atomic E-state index is 6.14. The Morgan fingerprint density at radius 3 is 2.54 bits per heavy atom. The van der Waals surface area contributed by atoms with Crippen molar-refractivity contribution in [3.05, 3.63) is 60.4 Å². The number of benzene rings is 1. The van der Waals surface area contributed by atoms with E-state index in [0.717, 1.165) is 38.5 Å². The summed E-state index contributed by atoms with van der Waals surface area (Å²) in [5.74, 6) is 2.27. The van der Waals surface area contributed by atoms with Gasteiger partial charge >= 0.3 is 0 Å². The molecule has 5 rings (SSSR count). The van der Waals surface area contributed by atoms with Crippen LogP contribution in [0.1, 0.15) is 5.56 Å². The molecule has 1 saturated heterocycles. The number of hydrogen-bond donors (Lipinski definition) is 1. The van der Waals surface area contributed by atoms with Crippen LogP contribution in [0.4, 0.5) is 11.8 Å². The second-order valence-corrected chi connectivity index (χ2v) is 6.90. The highest BCUT2D eigenvalue weighted by Gasteiger charge is 2.20. The van der Waals surface area contributed by atoms with Gasteiger partial charge in [-0.3, -0.25) is 4.90 Å². The normalized spacial score (nSPS) is 15.4. The highest BCUT2D eigenvalue weighted by molar-refractivity contribution is 5.59. The summed E-state index contributed by atoms with van der Waals surface area (Å²) >= 11 is 0. The van der Waals surface area contributed by atoms with E-state index in [-0.39, 0.29) is 0 Å². The quantitative estimate of drug-likeness (QED) is 0.585. The van der Waals surface area contributed by atoms with Crippen molar-refractivity contribution in [2.24, 2.45) is 0 Å². The van der Waals surface area contributed by atoms with Gasteiger partial charge in [-0.25, -0.2) is 4.98 Å². The van der Waals surface area contributed by atoms with E-state index in [4.69, 9.17) is 10.2 Å². The molecule has 8 nitrogen and oxygen atoms in total. The van der Waals surface area contributed by atoms with Crippen molar-refractivity contribution in [3.8, 4) is 11.6 Å². The first kappa shape index (κ1) is 16.8. The topological polar surface area (TPSA) is 88.7 Å². The summed E-state index contributed by atoms with van der Waals surface area (Å²) in [6.45, 7) is 4.72. The molecule has 4 aromatic rings. The van der Waals surface area contributed by atoms with Gasteiger partial charge in [0.2, 0.25) is 11.8 Å². The van der Waals surface area contributed by atoms with E-state index in [1.54, 1.807) is 10.8 Å². The molecule has 0 spiro atoms. The highest BCUT2D eigenvalue weighted by Crippen LogP contribution is 2.22. The summed E-state index contributed by atoms with van der Waals surface area (Å²) in [5, 5.41) is 4.40. The lowest BCUT2D eigenvalue weighted by atomic mass is 10.2. The van der Waals surface area contributed by atoms with Crippen molar-refractivity contribution >= 4 is 17.4 Å². The predicted octanol–water partition coefficient (Wildman–Crippen LogP) is 2.29. The molecule has 28 heavy (non-hydrogen) atoms. The number of fused-ring (bicyclic) bond motifs is 1. The predicted molar refractivity (Wildman–Crippen MR) is 107 cm³/mol. The van der Waals surface area contributed by atoms with E-state index in [1.165, 1.54) is 5.56 Å². The fourth-order valence-electron chi connectivity index (χ4n) is 3.55. The number of hydrogen-bond acceptors (Lipinski definition) is 7. The minimum Gasteiger partial charge on any atom is -0.461 e. The Morgan fingerprint density at radius 2 is 1.79 bits per heavy atom. The standard InChI is InChI=1S/C20H21N7O/c21-20-23-17(13-18-22-19(24-27(18)20)16-7-4-12-28-16)26-10-8-25(9-11-26)14-15-5-2-1-3-6-15/h1-7,12-13H,8-11,14H2,(H2,21,23). The average Bonchev–Trinajstić information content (AvgIpc) is 3.39. The first-order valence-corrected chi connectivity index (χ1v) is 9.35. The molecule has 1 fully saturated rings. The zero-order valence-electron chi connectivity index (χ0n) is 15.4. The number of anilines is 2. The van der Waals surface area contributed by atoms with Gasteiger partial charge in [0.05, 0.1) is 6.26 Å². The van der Waals surface area contributed by atoms with Crippen molar-refractivity contribution in [3.63, 3.8) is 0 Å². The van der Waals surface area contributed by atoms with Gasteiger partial charge in [0, 0.05) is 38.8 Å². The van der Waals surface area contributed by atoms with E-state index >= 15 is 0 Å². The molecule has 1 aliphatic rings. The van der Waals surface area contributed by atoms with Crippen LogP contribution in [0.25, 0.3) is 17.2 Å². The number of nitrogens with zero attached hydrogens (tertiary/aromatic N) is 6. The zero-order valence-corrected chi connectivity index (χ0v) is 15.4. The molecule has 0 atom stereocenters. The summed E-state index contributed by atoms with van der Waals surface area (Å²) in [5.41, 5.74) is 8.15. The van der Waals surface area contributed by atoms with Gasteiger partial charge < -0.3 is 15.1 Å². The van der Waals surface area contributed by atoms with E-state index in [1.807, 2.05) is 18.2 Å². The summed E-state index contributed by atoms with van der Waals surface area (Å²) in [6.07, 6.45) is 1.60. The van der Waals surface area contributed by atoms with Gasteiger partial charge in [0.15, 0.2) is 11.4 Å². The lowest BCUT2D eigenvalue weighted by Crippen LogP contribution is -2.46. The molecule has 0 aliphatic carbocycles. The second-order valence-electron chi connectivity index (χ2n) is 6.90. The van der Waals surface area contributed by atoms with E-state index in [9.17, 15) is 0 Å². The van der Waals surface area contributed by atoms with Crippen LogP contribution in [0.15, 0.2) is 59.2 Å². The summed E-state index contributed by atoms with van der Waals surface area (Å²) in [6, 6.07) is 16.1. The first-order valence-electron chi connectivity index (χ1n) is 9.35. The average molecular weight is 375 g/mol. The van der Waals surface area contributed by atoms with Gasteiger partial charge in [-0.05, 0) is 17.7 Å². The van der Waals surface area contributed by atoms with Crippen molar-refractivity contribution in [1.29, 1.82) is 0 Å². The third-order valence-corrected chi connectivity index (χ3v) is 5.02. The summed E-state index contributed by atoms with van der Waals surface area (Å²) in [4.78, 5) is 13.8. The molecule has 1 aromatic carbocycles. The van der Waals surface area contributed by atoms with Gasteiger partial charge in [0.25, 0.3) is 0 Å². The minimum absolute atomic E-state index is 0.324. The van der Waals surface area contributed by atoms with Gasteiger partial charge in [-0.15, -0.1) is 5.10 Å². The van der Waals surface area contributed by atoms with Crippen LogP contribution < -0.4 is 10.6 Å². The Morgan fingerprint density at radius 1 is 0.964 bits per heavy atom. The number of nitrogens with two attached hydrogens (primary N) is 1. The lowest BCUT2D eigenvalue weighted by Gasteiger charge is -2.35. The Kier molecular flexibility index (Phi) is 4.17. The van der Waals surface area contributed by atoms with Crippen molar-refractivity contribution < 1.29 is 4.42 Å². The van der Waals surface area contributed by atoms with Crippen LogP contribution in [0.5, 0.6) is 0 Å². The first-order chi connectivity index (χ1) is 13.8. The molecule has 3 aromatic heterocycles. The molecule has 0 radical (unpaired) electrons. The number of piperazine rings is 1. The van der Waals surface area contributed by atoms with Crippen LogP contribution in [-0.4, -0.2) is 50.7 Å². The summed E-state index contributed by atoms with van der Waals surface area (Å²) in [7, 11) is 0. The van der Waals surface area contributed by atoms with Gasteiger partial charge in [-0.2, -0.15) is 9.50 Å². The smallest absolute Gasteiger partial charge is 0.225 e. The van der Waals surface area contributed by atoms with Crippen LogP contribution in [0.2, 0.25) is 0 Å². The molecule has 2 N–H and O–H groups in total. The molecule has 8 heteroatoms. The third kappa shape index (κ3) is 3.18. The molecule has 0 bridgehead atoms. The maximum atomic E-state index is 6.14. The molecule has 4 heterocycles. The number of aromatic nitrogens is 4. The minimum atomic E-state index is 0.324. The van der Waals surface area contributed by atoms with E-state index < -0.39 is 0 Å². The number of furan rings is 1. The Balaban J connectivity index is 1.32. The van der Waals surface area contributed by atoms with Gasteiger partial charge in [-0.1, -0.05) is 30.3 Å². The Hall–Kier alpha value is -3.39. The Bertz CT molecular complexity index is 1070. The van der Waals surface area contributed by atoms with Gasteiger partial charge in [0.1, 0.15) is 5.82 Å². The second kappa shape index (κ2) is 6.97. The molecule has 1 aliphatic heterocycles. The monoisotopic (exact) mass is 375 g/mol. The van der Waals surface area contributed by atoms with Crippen molar-refractivity contribution in [2.45, 2.75) is 6.54 Å². The number of nitrogen functional groups attached to an aromatic ring is 1. The molecular weight excluding hydrogens is 354 g/mol. The van der Waals surface area contributed by atoms with Crippen molar-refractivity contribution in [2.75, 3.05) is 36.8 Å². The SMILES string of the molecule is Nc1nc(N2CCN(Cc3ccccc3)CC2)cc2nc(-c3ccco3)nn12. The van der Waals surface area contributed by atoms with Crippen LogP contribution in [0, 0.1) is 0 Å². The fourth-order valence-corrected chi connectivity index (χ4v) is 3.55. The molecular formula is C20H21N7O. The maximum Gasteiger partial charge on any atom is 0.225 e.